The number of aromatic nitrogens is 2. The summed E-state index contributed by atoms with van der Waals surface area (Å²) in [5.74, 6) is -0.222. The summed E-state index contributed by atoms with van der Waals surface area (Å²) in [6, 6.07) is 5.29. The third-order valence-electron chi connectivity index (χ3n) is 3.54. The summed E-state index contributed by atoms with van der Waals surface area (Å²) < 4.78 is 0. The first-order chi connectivity index (χ1) is 9.65. The van der Waals surface area contributed by atoms with Crippen molar-refractivity contribution in [2.45, 2.75) is 19.9 Å². The normalized spacial score (nSPS) is 13.9. The van der Waals surface area contributed by atoms with Crippen LogP contribution in [0.2, 0.25) is 0 Å². The third-order valence-corrected chi connectivity index (χ3v) is 3.54. The molecule has 20 heavy (non-hydrogen) atoms. The van der Waals surface area contributed by atoms with Crippen LogP contribution in [-0.4, -0.2) is 27.3 Å². The zero-order chi connectivity index (χ0) is 14.1. The van der Waals surface area contributed by atoms with Gasteiger partial charge in [0.1, 0.15) is 5.56 Å². The molecular weight excluding hydrogens is 254 g/mol. The average Bonchev–Trinajstić information content (AvgIpc) is 2.46. The fraction of sp³-hybridized carbons (Fsp3) is 0.267. The van der Waals surface area contributed by atoms with Crippen molar-refractivity contribution < 1.29 is 4.79 Å². The third kappa shape index (κ3) is 2.22. The Morgan fingerprint density at radius 1 is 1.45 bits per heavy atom. The fourth-order valence-electron chi connectivity index (χ4n) is 2.45. The van der Waals surface area contributed by atoms with E-state index in [2.05, 4.69) is 9.97 Å². The first-order valence-electron chi connectivity index (χ1n) is 6.56. The highest BCUT2D eigenvalue weighted by molar-refractivity contribution is 5.93. The van der Waals surface area contributed by atoms with Gasteiger partial charge in [0, 0.05) is 49.4 Å². The number of hydrogen-bond acceptors (Lipinski definition) is 3. The van der Waals surface area contributed by atoms with Gasteiger partial charge in [-0.05, 0) is 18.6 Å². The second-order valence-electron chi connectivity index (χ2n) is 4.98. The van der Waals surface area contributed by atoms with Crippen LogP contribution in [0.25, 0.3) is 0 Å². The number of nitrogens with zero attached hydrogens (tertiary/aromatic N) is 2. The van der Waals surface area contributed by atoms with Crippen molar-refractivity contribution in [2.75, 3.05) is 6.54 Å². The molecule has 0 saturated heterocycles. The van der Waals surface area contributed by atoms with E-state index in [1.54, 1.807) is 18.0 Å². The zero-order valence-corrected chi connectivity index (χ0v) is 11.2. The largest absolute Gasteiger partial charge is 0.364 e. The molecule has 0 bridgehead atoms. The summed E-state index contributed by atoms with van der Waals surface area (Å²) in [5, 5.41) is 0. The van der Waals surface area contributed by atoms with E-state index in [1.807, 2.05) is 12.1 Å². The molecule has 102 valence electrons. The van der Waals surface area contributed by atoms with Gasteiger partial charge < -0.3 is 9.88 Å². The molecule has 0 unspecified atom stereocenters. The van der Waals surface area contributed by atoms with Gasteiger partial charge in [-0.25, -0.2) is 0 Å². The highest BCUT2D eigenvalue weighted by atomic mass is 16.2. The van der Waals surface area contributed by atoms with Crippen molar-refractivity contribution in [3.05, 3.63) is 63.3 Å². The van der Waals surface area contributed by atoms with Crippen molar-refractivity contribution in [3.63, 3.8) is 0 Å². The lowest BCUT2D eigenvalue weighted by Crippen LogP contribution is -2.38. The second kappa shape index (κ2) is 4.92. The summed E-state index contributed by atoms with van der Waals surface area (Å²) in [5.41, 5.74) is 2.80. The van der Waals surface area contributed by atoms with E-state index in [-0.39, 0.29) is 16.9 Å². The number of rotatable bonds is 1. The van der Waals surface area contributed by atoms with Gasteiger partial charge in [-0.15, -0.1) is 0 Å². The standard InChI is InChI=1S/C15H15N3O2/c1-10-7-14(19)12(8-17-10)15(20)18-6-4-13-11(9-18)3-2-5-16-13/h2-3,5,7-8H,4,6,9H2,1H3,(H,17,19). The molecule has 1 aliphatic rings. The number of fused-ring (bicyclic) bond motifs is 1. The van der Waals surface area contributed by atoms with Crippen LogP contribution in [0.1, 0.15) is 27.3 Å². The van der Waals surface area contributed by atoms with Gasteiger partial charge >= 0.3 is 0 Å². The van der Waals surface area contributed by atoms with Gasteiger partial charge in [-0.2, -0.15) is 0 Å². The first-order valence-corrected chi connectivity index (χ1v) is 6.56. The Labute approximate surface area is 116 Å². The monoisotopic (exact) mass is 269 g/mol. The van der Waals surface area contributed by atoms with Crippen molar-refractivity contribution in [2.24, 2.45) is 0 Å². The summed E-state index contributed by atoms with van der Waals surface area (Å²) in [4.78, 5) is 33.2. The van der Waals surface area contributed by atoms with Crippen molar-refractivity contribution in [3.8, 4) is 0 Å². The van der Waals surface area contributed by atoms with Crippen LogP contribution in [0, 0.1) is 6.92 Å². The maximum absolute atomic E-state index is 12.4. The van der Waals surface area contributed by atoms with Crippen LogP contribution >= 0.6 is 0 Å². The number of H-pyrrole nitrogens is 1. The van der Waals surface area contributed by atoms with Crippen LogP contribution < -0.4 is 5.43 Å². The molecule has 0 saturated carbocycles. The number of nitrogens with one attached hydrogen (secondary N) is 1. The number of aromatic amines is 1. The van der Waals surface area contributed by atoms with Crippen molar-refractivity contribution in [1.82, 2.24) is 14.9 Å². The Hall–Kier alpha value is -2.43. The highest BCUT2D eigenvalue weighted by Crippen LogP contribution is 2.17. The predicted octanol–water partition coefficient (Wildman–Crippen LogP) is 1.28. The van der Waals surface area contributed by atoms with Gasteiger partial charge in [0.15, 0.2) is 5.43 Å². The maximum Gasteiger partial charge on any atom is 0.259 e. The lowest BCUT2D eigenvalue weighted by Gasteiger charge is -2.28. The van der Waals surface area contributed by atoms with E-state index in [0.717, 1.165) is 23.4 Å². The van der Waals surface area contributed by atoms with E-state index in [1.165, 1.54) is 12.3 Å². The number of hydrogen-bond donors (Lipinski definition) is 1. The molecule has 5 nitrogen and oxygen atoms in total. The second-order valence-corrected chi connectivity index (χ2v) is 4.98. The molecule has 1 amide bonds. The molecule has 3 heterocycles. The molecule has 2 aromatic heterocycles. The number of aryl methyl sites for hydroxylation is 1. The van der Waals surface area contributed by atoms with Crippen LogP contribution in [-0.2, 0) is 13.0 Å². The Morgan fingerprint density at radius 3 is 3.10 bits per heavy atom. The molecular formula is C15H15N3O2. The smallest absolute Gasteiger partial charge is 0.259 e. The molecule has 5 heteroatoms. The SMILES string of the molecule is Cc1cc(=O)c(C(=O)N2CCc3ncccc3C2)c[nH]1. The Bertz CT molecular complexity index is 721. The Kier molecular flexibility index (Phi) is 3.10. The summed E-state index contributed by atoms with van der Waals surface area (Å²) >= 11 is 0. The number of pyridine rings is 2. The molecule has 0 aliphatic carbocycles. The van der Waals surface area contributed by atoms with Gasteiger partial charge in [-0.3, -0.25) is 14.6 Å². The predicted molar refractivity (Wildman–Crippen MR) is 74.5 cm³/mol. The van der Waals surface area contributed by atoms with Gasteiger partial charge in [-0.1, -0.05) is 6.07 Å². The quantitative estimate of drug-likeness (QED) is 0.848. The molecule has 0 aromatic carbocycles. The van der Waals surface area contributed by atoms with Crippen LogP contribution in [0.5, 0.6) is 0 Å². The molecule has 0 spiro atoms. The summed E-state index contributed by atoms with van der Waals surface area (Å²) in [6.45, 7) is 2.89. The van der Waals surface area contributed by atoms with Crippen LogP contribution in [0.3, 0.4) is 0 Å². The first kappa shape index (κ1) is 12.6. The van der Waals surface area contributed by atoms with E-state index < -0.39 is 0 Å². The minimum Gasteiger partial charge on any atom is -0.364 e. The van der Waals surface area contributed by atoms with Crippen LogP contribution in [0.15, 0.2) is 35.4 Å². The average molecular weight is 269 g/mol. The molecule has 3 rings (SSSR count). The Morgan fingerprint density at radius 2 is 2.30 bits per heavy atom. The highest BCUT2D eigenvalue weighted by Gasteiger charge is 2.23. The topological polar surface area (TPSA) is 66.1 Å². The summed E-state index contributed by atoms with van der Waals surface area (Å²) in [7, 11) is 0. The molecule has 0 atom stereocenters. The minimum atomic E-state index is -0.233. The summed E-state index contributed by atoms with van der Waals surface area (Å²) in [6.07, 6.45) is 3.99. The minimum absolute atomic E-state index is 0.197. The molecule has 0 radical (unpaired) electrons. The maximum atomic E-state index is 12.4. The fourth-order valence-corrected chi connectivity index (χ4v) is 2.45. The van der Waals surface area contributed by atoms with Gasteiger partial charge in [0.25, 0.3) is 5.91 Å². The number of carbonyl (C=O) groups is 1. The van der Waals surface area contributed by atoms with Gasteiger partial charge in [0.2, 0.25) is 0 Å². The van der Waals surface area contributed by atoms with Crippen molar-refractivity contribution in [1.29, 1.82) is 0 Å². The Balaban J connectivity index is 1.88. The van der Waals surface area contributed by atoms with E-state index in [0.29, 0.717) is 13.1 Å². The van der Waals surface area contributed by atoms with Gasteiger partial charge in [0.05, 0.1) is 0 Å². The number of carbonyl (C=O) groups excluding carboxylic acids is 1. The molecule has 0 fully saturated rings. The van der Waals surface area contributed by atoms with Crippen molar-refractivity contribution >= 4 is 5.91 Å². The lowest BCUT2D eigenvalue weighted by atomic mass is 10.0. The zero-order valence-electron chi connectivity index (χ0n) is 11.2. The van der Waals surface area contributed by atoms with E-state index in [9.17, 15) is 9.59 Å². The molecule has 1 aliphatic heterocycles. The van der Waals surface area contributed by atoms with E-state index in [4.69, 9.17) is 0 Å². The number of amides is 1. The molecule has 2 aromatic rings. The lowest BCUT2D eigenvalue weighted by molar-refractivity contribution is 0.0732. The molecule has 1 N–H and O–H groups in total. The van der Waals surface area contributed by atoms with Crippen LogP contribution in [0.4, 0.5) is 0 Å². The van der Waals surface area contributed by atoms with E-state index >= 15 is 0 Å².